The number of nitrogens with two attached hydrogens (primary N) is 1. The zero-order valence-electron chi connectivity index (χ0n) is 14.7. The molecule has 0 spiro atoms. The Kier molecular flexibility index (Phi) is 5.67. The van der Waals surface area contributed by atoms with E-state index >= 15 is 0 Å². The number of anilines is 2. The van der Waals surface area contributed by atoms with Gasteiger partial charge in [0.25, 0.3) is 0 Å². The van der Waals surface area contributed by atoms with Crippen LogP contribution in [-0.4, -0.2) is 95.8 Å². The van der Waals surface area contributed by atoms with E-state index in [0.717, 1.165) is 37.7 Å². The number of aromatic nitrogens is 2. The second kappa shape index (κ2) is 7.94. The van der Waals surface area contributed by atoms with Gasteiger partial charge in [-0.05, 0) is 6.92 Å². The molecule has 2 aliphatic heterocycles. The first kappa shape index (κ1) is 17.8. The zero-order chi connectivity index (χ0) is 17.8. The summed E-state index contributed by atoms with van der Waals surface area (Å²) in [5.41, 5.74) is 6.54. The van der Waals surface area contributed by atoms with E-state index in [2.05, 4.69) is 15.3 Å². The molecule has 0 saturated carbocycles. The van der Waals surface area contributed by atoms with Crippen LogP contribution in [0, 0.1) is 6.92 Å². The van der Waals surface area contributed by atoms with Gasteiger partial charge in [-0.1, -0.05) is 0 Å². The maximum Gasteiger partial charge on any atom is 0.236 e. The highest BCUT2D eigenvalue weighted by Gasteiger charge is 2.25. The van der Waals surface area contributed by atoms with Crippen molar-refractivity contribution in [1.29, 1.82) is 0 Å². The lowest BCUT2D eigenvalue weighted by molar-refractivity contribution is -0.133. The molecule has 25 heavy (non-hydrogen) atoms. The molecule has 2 fully saturated rings. The molecule has 9 nitrogen and oxygen atoms in total. The molecule has 9 heteroatoms. The first-order valence-corrected chi connectivity index (χ1v) is 8.76. The van der Waals surface area contributed by atoms with Crippen molar-refractivity contribution in [3.63, 3.8) is 0 Å². The second-order valence-electron chi connectivity index (χ2n) is 6.69. The Hall–Kier alpha value is -1.97. The third kappa shape index (κ3) is 4.77. The number of β-amino-alcohol motifs (C(OH)–C–C–N with tert-alkyl or cyclic N) is 1. The van der Waals surface area contributed by atoms with Crippen LogP contribution in [-0.2, 0) is 4.79 Å². The van der Waals surface area contributed by atoms with Gasteiger partial charge in [-0.3, -0.25) is 9.69 Å². The first-order valence-electron chi connectivity index (χ1n) is 8.76. The maximum atomic E-state index is 12.5. The number of carbonyl (C=O) groups excluding carboxylic acids is 1. The van der Waals surface area contributed by atoms with Gasteiger partial charge in [-0.25, -0.2) is 4.98 Å². The van der Waals surface area contributed by atoms with Gasteiger partial charge in [0.1, 0.15) is 5.82 Å². The fourth-order valence-corrected chi connectivity index (χ4v) is 3.35. The molecule has 2 saturated heterocycles. The second-order valence-corrected chi connectivity index (χ2v) is 6.69. The van der Waals surface area contributed by atoms with Crippen molar-refractivity contribution in [2.24, 2.45) is 0 Å². The van der Waals surface area contributed by atoms with Gasteiger partial charge in [0.05, 0.1) is 12.6 Å². The molecule has 0 aromatic carbocycles. The van der Waals surface area contributed by atoms with Gasteiger partial charge < -0.3 is 26.0 Å². The number of nitrogens with zero attached hydrogens (tertiary/aromatic N) is 5. The number of aliphatic hydroxyl groups excluding tert-OH is 1. The van der Waals surface area contributed by atoms with Crippen LogP contribution in [0.15, 0.2) is 6.07 Å². The van der Waals surface area contributed by atoms with Gasteiger partial charge >= 0.3 is 0 Å². The minimum Gasteiger partial charge on any atom is -0.390 e. The third-order valence-electron chi connectivity index (χ3n) is 4.60. The normalized spacial score (nSPS) is 22.7. The number of nitrogen functional groups attached to an aromatic ring is 1. The van der Waals surface area contributed by atoms with Crippen LogP contribution in [0.2, 0.25) is 0 Å². The Morgan fingerprint density at radius 2 is 2.04 bits per heavy atom. The molecular formula is C16H27N7O2. The minimum absolute atomic E-state index is 0.129. The van der Waals surface area contributed by atoms with Crippen LogP contribution in [0.1, 0.15) is 5.69 Å². The van der Waals surface area contributed by atoms with E-state index in [1.54, 1.807) is 0 Å². The quantitative estimate of drug-likeness (QED) is 0.591. The maximum absolute atomic E-state index is 12.5. The number of amides is 1. The summed E-state index contributed by atoms with van der Waals surface area (Å²) in [5.74, 6) is 1.09. The highest BCUT2D eigenvalue weighted by Crippen LogP contribution is 2.16. The minimum atomic E-state index is -0.546. The molecule has 1 amide bonds. The van der Waals surface area contributed by atoms with Crippen LogP contribution in [0.3, 0.4) is 0 Å². The Bertz CT molecular complexity index is 586. The van der Waals surface area contributed by atoms with E-state index in [1.807, 2.05) is 27.7 Å². The summed E-state index contributed by atoms with van der Waals surface area (Å²) < 4.78 is 0. The van der Waals surface area contributed by atoms with Crippen molar-refractivity contribution in [3.8, 4) is 0 Å². The number of aryl methyl sites for hydroxylation is 1. The third-order valence-corrected chi connectivity index (χ3v) is 4.60. The zero-order valence-corrected chi connectivity index (χ0v) is 14.7. The first-order chi connectivity index (χ1) is 12.0. The van der Waals surface area contributed by atoms with Gasteiger partial charge in [0.2, 0.25) is 11.9 Å². The average molecular weight is 349 g/mol. The van der Waals surface area contributed by atoms with E-state index in [-0.39, 0.29) is 11.9 Å². The van der Waals surface area contributed by atoms with Crippen molar-refractivity contribution < 1.29 is 9.90 Å². The lowest BCUT2D eigenvalue weighted by Gasteiger charge is -2.30. The standard InChI is InChI=1S/C16H27N7O2/c1-12-8-14(20-16(17)19-12)23-7-6-21(9-13(24)10-23)11-15(25)22-4-2-18-3-5-22/h8,13,18,24H,2-7,9-11H2,1H3,(H2,17,19,20)/t13-/m0/s1. The van der Waals surface area contributed by atoms with Gasteiger partial charge in [-0.15, -0.1) is 0 Å². The number of nitrogens with one attached hydrogen (secondary N) is 1. The van der Waals surface area contributed by atoms with Gasteiger partial charge in [0, 0.05) is 64.1 Å². The Morgan fingerprint density at radius 3 is 2.76 bits per heavy atom. The average Bonchev–Trinajstić information content (AvgIpc) is 2.76. The summed E-state index contributed by atoms with van der Waals surface area (Å²) in [5, 5.41) is 13.6. The number of piperazine rings is 1. The fraction of sp³-hybridized carbons (Fsp3) is 0.688. The van der Waals surface area contributed by atoms with E-state index in [9.17, 15) is 9.90 Å². The predicted octanol–water partition coefficient (Wildman–Crippen LogP) is -1.72. The molecule has 0 bridgehead atoms. The summed E-state index contributed by atoms with van der Waals surface area (Å²) >= 11 is 0. The number of carbonyl (C=O) groups is 1. The lowest BCUT2D eigenvalue weighted by Crippen LogP contribution is -2.50. The molecule has 1 aromatic heterocycles. The number of aliphatic hydroxyl groups is 1. The fourth-order valence-electron chi connectivity index (χ4n) is 3.35. The van der Waals surface area contributed by atoms with Crippen molar-refractivity contribution >= 4 is 17.7 Å². The molecule has 1 atom stereocenters. The number of rotatable bonds is 3. The number of hydrogen-bond donors (Lipinski definition) is 3. The van der Waals surface area contributed by atoms with Gasteiger partial charge in [0.15, 0.2) is 0 Å². The predicted molar refractivity (Wildman–Crippen MR) is 95.3 cm³/mol. The van der Waals surface area contributed by atoms with Crippen molar-refractivity contribution in [2.75, 3.05) is 69.5 Å². The molecule has 2 aliphatic rings. The van der Waals surface area contributed by atoms with Crippen molar-refractivity contribution in [2.45, 2.75) is 13.0 Å². The van der Waals surface area contributed by atoms with Crippen LogP contribution >= 0.6 is 0 Å². The molecule has 0 radical (unpaired) electrons. The highest BCUT2D eigenvalue weighted by molar-refractivity contribution is 5.78. The van der Waals surface area contributed by atoms with Crippen LogP contribution in [0.5, 0.6) is 0 Å². The van der Waals surface area contributed by atoms with Gasteiger partial charge in [-0.2, -0.15) is 4.98 Å². The molecular weight excluding hydrogens is 322 g/mol. The van der Waals surface area contributed by atoms with Crippen molar-refractivity contribution in [3.05, 3.63) is 11.8 Å². The Morgan fingerprint density at radius 1 is 1.28 bits per heavy atom. The summed E-state index contributed by atoms with van der Waals surface area (Å²) in [6, 6.07) is 1.87. The molecule has 3 rings (SSSR count). The monoisotopic (exact) mass is 349 g/mol. The molecule has 0 aliphatic carbocycles. The van der Waals surface area contributed by atoms with Crippen molar-refractivity contribution in [1.82, 2.24) is 25.1 Å². The van der Waals surface area contributed by atoms with E-state index in [4.69, 9.17) is 5.73 Å². The SMILES string of the molecule is Cc1cc(N2CCN(CC(=O)N3CCNCC3)C[C@H](O)C2)nc(N)n1. The van der Waals surface area contributed by atoms with Crippen LogP contribution in [0.25, 0.3) is 0 Å². The molecule has 4 N–H and O–H groups in total. The van der Waals surface area contributed by atoms with Crippen LogP contribution in [0.4, 0.5) is 11.8 Å². The molecule has 138 valence electrons. The van der Waals surface area contributed by atoms with E-state index in [1.165, 1.54) is 0 Å². The lowest BCUT2D eigenvalue weighted by atomic mass is 10.3. The molecule has 0 unspecified atom stereocenters. The smallest absolute Gasteiger partial charge is 0.236 e. The topological polar surface area (TPSA) is 111 Å². The molecule has 3 heterocycles. The highest BCUT2D eigenvalue weighted by atomic mass is 16.3. The Labute approximate surface area is 147 Å². The Balaban J connectivity index is 1.61. The van der Waals surface area contributed by atoms with Crippen LogP contribution < -0.4 is 16.0 Å². The van der Waals surface area contributed by atoms with E-state index in [0.29, 0.717) is 32.7 Å². The summed E-state index contributed by atoms with van der Waals surface area (Å²) in [7, 11) is 0. The molecule has 1 aromatic rings. The van der Waals surface area contributed by atoms with E-state index < -0.39 is 6.10 Å². The summed E-state index contributed by atoms with van der Waals surface area (Å²) in [6.45, 7) is 7.72. The largest absolute Gasteiger partial charge is 0.390 e. The number of hydrogen-bond acceptors (Lipinski definition) is 8. The summed E-state index contributed by atoms with van der Waals surface area (Å²) in [4.78, 5) is 26.7. The summed E-state index contributed by atoms with van der Waals surface area (Å²) in [6.07, 6.45) is -0.546.